The largest absolute Gasteiger partial charge is 0.350 e. The van der Waals surface area contributed by atoms with Gasteiger partial charge in [-0.3, -0.25) is 4.79 Å². The van der Waals surface area contributed by atoms with Crippen LogP contribution >= 0.6 is 23.2 Å². The molecule has 0 aliphatic heterocycles. The van der Waals surface area contributed by atoms with Gasteiger partial charge >= 0.3 is 0 Å². The molecular weight excluding hydrogens is 335 g/mol. The van der Waals surface area contributed by atoms with Crippen molar-refractivity contribution in [3.8, 4) is 0 Å². The summed E-state index contributed by atoms with van der Waals surface area (Å²) in [7, 11) is -2.57. The minimum Gasteiger partial charge on any atom is -0.350 e. The van der Waals surface area contributed by atoms with E-state index in [1.165, 1.54) is 25.2 Å². The van der Waals surface area contributed by atoms with Crippen molar-refractivity contribution in [2.24, 2.45) is 0 Å². The Bertz CT molecular complexity index is 639. The summed E-state index contributed by atoms with van der Waals surface area (Å²) in [4.78, 5) is 11.7. The zero-order chi connectivity index (χ0) is 16.4. The van der Waals surface area contributed by atoms with E-state index in [4.69, 9.17) is 23.2 Å². The molecule has 0 aliphatic rings. The second kappa shape index (κ2) is 6.52. The molecule has 0 spiro atoms. The van der Waals surface area contributed by atoms with Gasteiger partial charge in [0, 0.05) is 17.6 Å². The van der Waals surface area contributed by atoms with E-state index < -0.39 is 21.5 Å². The van der Waals surface area contributed by atoms with E-state index in [0.717, 1.165) is 4.31 Å². The van der Waals surface area contributed by atoms with Crippen LogP contribution in [-0.2, 0) is 14.8 Å². The molecule has 1 N–H and O–H groups in total. The lowest BCUT2D eigenvalue weighted by molar-refractivity contribution is -0.122. The van der Waals surface area contributed by atoms with Gasteiger partial charge in [-0.1, -0.05) is 23.2 Å². The summed E-state index contributed by atoms with van der Waals surface area (Å²) < 4.78 is 25.8. The molecule has 0 saturated carbocycles. The highest BCUT2D eigenvalue weighted by atomic mass is 35.5. The third kappa shape index (κ3) is 5.14. The van der Waals surface area contributed by atoms with Crippen LogP contribution in [0.25, 0.3) is 0 Å². The van der Waals surface area contributed by atoms with Crippen LogP contribution in [0.1, 0.15) is 20.8 Å². The van der Waals surface area contributed by atoms with Gasteiger partial charge in [0.1, 0.15) is 4.90 Å². The maximum absolute atomic E-state index is 12.4. The van der Waals surface area contributed by atoms with E-state index in [1.807, 2.05) is 20.8 Å². The Hall–Kier alpha value is -0.820. The van der Waals surface area contributed by atoms with Gasteiger partial charge in [-0.25, -0.2) is 8.42 Å². The smallest absolute Gasteiger partial charge is 0.244 e. The molecule has 5 nitrogen and oxygen atoms in total. The fourth-order valence-corrected chi connectivity index (χ4v) is 3.45. The number of hydrogen-bond donors (Lipinski definition) is 1. The summed E-state index contributed by atoms with van der Waals surface area (Å²) >= 11 is 11.7. The van der Waals surface area contributed by atoms with Gasteiger partial charge in [0.05, 0.1) is 11.6 Å². The van der Waals surface area contributed by atoms with Crippen LogP contribution in [0.3, 0.4) is 0 Å². The fourth-order valence-electron chi connectivity index (χ4n) is 1.59. The lowest BCUT2D eigenvalue weighted by Crippen LogP contribution is -2.46. The third-order valence-corrected chi connectivity index (χ3v) is 4.98. The molecule has 1 aromatic rings. The number of nitrogens with zero attached hydrogens (tertiary/aromatic N) is 1. The van der Waals surface area contributed by atoms with E-state index in [0.29, 0.717) is 0 Å². The highest BCUT2D eigenvalue weighted by Crippen LogP contribution is 2.27. The number of sulfonamides is 1. The zero-order valence-corrected chi connectivity index (χ0v) is 14.6. The standard InChI is InChI=1S/C13H18Cl2N2O3S/c1-13(2,3)16-12(18)8-17(4)21(19,20)11-7-9(14)5-6-10(11)15/h5-7H,8H2,1-4H3,(H,16,18). The van der Waals surface area contributed by atoms with Gasteiger partial charge < -0.3 is 5.32 Å². The van der Waals surface area contributed by atoms with E-state index in [1.54, 1.807) is 0 Å². The molecular formula is C13H18Cl2N2O3S. The Kier molecular flexibility index (Phi) is 5.66. The van der Waals surface area contributed by atoms with Crippen molar-refractivity contribution in [2.45, 2.75) is 31.2 Å². The number of halogens is 2. The first kappa shape index (κ1) is 18.2. The molecule has 1 rings (SSSR count). The minimum atomic E-state index is -3.89. The Morgan fingerprint density at radius 1 is 1.29 bits per heavy atom. The second-order valence-corrected chi connectivity index (χ2v) is 8.49. The van der Waals surface area contributed by atoms with E-state index in [2.05, 4.69) is 5.32 Å². The number of carbonyl (C=O) groups is 1. The average Bonchev–Trinajstić information content (AvgIpc) is 2.29. The predicted octanol–water partition coefficient (Wildman–Crippen LogP) is 2.53. The molecule has 1 amide bonds. The van der Waals surface area contributed by atoms with Crippen LogP contribution in [0.5, 0.6) is 0 Å². The van der Waals surface area contributed by atoms with Gasteiger partial charge in [-0.2, -0.15) is 4.31 Å². The molecule has 0 saturated heterocycles. The van der Waals surface area contributed by atoms with Crippen LogP contribution < -0.4 is 5.32 Å². The minimum absolute atomic E-state index is 0.0579. The summed E-state index contributed by atoms with van der Waals surface area (Å²) in [6.07, 6.45) is 0. The monoisotopic (exact) mass is 352 g/mol. The van der Waals surface area contributed by atoms with Gasteiger partial charge in [-0.05, 0) is 39.0 Å². The van der Waals surface area contributed by atoms with E-state index in [-0.39, 0.29) is 21.5 Å². The molecule has 0 aliphatic carbocycles. The molecule has 1 aromatic carbocycles. The first-order chi connectivity index (χ1) is 9.43. The van der Waals surface area contributed by atoms with Crippen LogP contribution in [0.15, 0.2) is 23.1 Å². The van der Waals surface area contributed by atoms with Crippen molar-refractivity contribution in [3.63, 3.8) is 0 Å². The molecule has 8 heteroatoms. The van der Waals surface area contributed by atoms with Crippen molar-refractivity contribution in [1.29, 1.82) is 0 Å². The number of nitrogens with one attached hydrogen (secondary N) is 1. The van der Waals surface area contributed by atoms with Crippen molar-refractivity contribution in [1.82, 2.24) is 9.62 Å². The van der Waals surface area contributed by atoms with Crippen LogP contribution in [0.2, 0.25) is 10.0 Å². The second-order valence-electron chi connectivity index (χ2n) is 5.63. The van der Waals surface area contributed by atoms with Crippen molar-refractivity contribution >= 4 is 39.1 Å². The quantitative estimate of drug-likeness (QED) is 0.905. The Balaban J connectivity index is 2.97. The number of hydrogen-bond acceptors (Lipinski definition) is 3. The Morgan fingerprint density at radius 2 is 1.86 bits per heavy atom. The normalized spacial score (nSPS) is 12.5. The summed E-state index contributed by atoms with van der Waals surface area (Å²) in [5.74, 6) is -0.397. The van der Waals surface area contributed by atoms with Gasteiger partial charge in [-0.15, -0.1) is 0 Å². The molecule has 21 heavy (non-hydrogen) atoms. The molecule has 118 valence electrons. The SMILES string of the molecule is CN(CC(=O)NC(C)(C)C)S(=O)(=O)c1cc(Cl)ccc1Cl. The Morgan fingerprint density at radius 3 is 2.38 bits per heavy atom. The van der Waals surface area contributed by atoms with E-state index in [9.17, 15) is 13.2 Å². The lowest BCUT2D eigenvalue weighted by Gasteiger charge is -2.23. The maximum Gasteiger partial charge on any atom is 0.244 e. The van der Waals surface area contributed by atoms with Gasteiger partial charge in [0.25, 0.3) is 0 Å². The summed E-state index contributed by atoms with van der Waals surface area (Å²) in [5.41, 5.74) is -0.435. The number of likely N-dealkylation sites (N-methyl/N-ethyl adjacent to an activating group) is 1. The van der Waals surface area contributed by atoms with Gasteiger partial charge in [0.15, 0.2) is 0 Å². The molecule has 0 atom stereocenters. The number of benzene rings is 1. The number of rotatable bonds is 4. The molecule has 0 fully saturated rings. The molecule has 0 aromatic heterocycles. The zero-order valence-electron chi connectivity index (χ0n) is 12.3. The van der Waals surface area contributed by atoms with Crippen molar-refractivity contribution in [2.75, 3.05) is 13.6 Å². The first-order valence-corrected chi connectivity index (χ1v) is 8.35. The number of amides is 1. The van der Waals surface area contributed by atoms with Crippen LogP contribution in [0.4, 0.5) is 0 Å². The first-order valence-electron chi connectivity index (χ1n) is 6.16. The highest BCUT2D eigenvalue weighted by molar-refractivity contribution is 7.89. The predicted molar refractivity (Wildman–Crippen MR) is 84.2 cm³/mol. The Labute approximate surface area is 135 Å². The number of carbonyl (C=O) groups excluding carboxylic acids is 1. The molecule has 0 unspecified atom stereocenters. The van der Waals surface area contributed by atoms with Crippen LogP contribution in [0, 0.1) is 0 Å². The summed E-state index contributed by atoms with van der Waals surface area (Å²) in [6.45, 7) is 5.14. The van der Waals surface area contributed by atoms with E-state index >= 15 is 0 Å². The molecule has 0 radical (unpaired) electrons. The van der Waals surface area contributed by atoms with Crippen molar-refractivity contribution in [3.05, 3.63) is 28.2 Å². The summed E-state index contributed by atoms with van der Waals surface area (Å²) in [6, 6.07) is 4.16. The average molecular weight is 353 g/mol. The maximum atomic E-state index is 12.4. The van der Waals surface area contributed by atoms with Gasteiger partial charge in [0.2, 0.25) is 15.9 Å². The molecule has 0 bridgehead atoms. The summed E-state index contributed by atoms with van der Waals surface area (Å²) in [5, 5.41) is 3.01. The van der Waals surface area contributed by atoms with Crippen molar-refractivity contribution < 1.29 is 13.2 Å². The third-order valence-electron chi connectivity index (χ3n) is 2.46. The molecule has 0 heterocycles. The van der Waals surface area contributed by atoms with Crippen LogP contribution in [-0.4, -0.2) is 37.8 Å². The topological polar surface area (TPSA) is 66.5 Å². The fraction of sp³-hybridized carbons (Fsp3) is 0.462. The highest BCUT2D eigenvalue weighted by Gasteiger charge is 2.26. The lowest BCUT2D eigenvalue weighted by atomic mass is 10.1.